The highest BCUT2D eigenvalue weighted by molar-refractivity contribution is 8.00. The van der Waals surface area contributed by atoms with Crippen LogP contribution in [0, 0.1) is 0 Å². The molecule has 1 aliphatic rings. The number of aliphatic hydroxyl groups is 1. The van der Waals surface area contributed by atoms with E-state index in [-0.39, 0.29) is 6.61 Å². The molecule has 2 rings (SSSR count). The van der Waals surface area contributed by atoms with E-state index in [2.05, 4.69) is 12.2 Å². The minimum Gasteiger partial charge on any atom is -0.494 e. The van der Waals surface area contributed by atoms with Crippen LogP contribution in [0.3, 0.4) is 0 Å². The van der Waals surface area contributed by atoms with E-state index in [0.717, 1.165) is 17.0 Å². The Morgan fingerprint density at radius 2 is 2.32 bits per heavy atom. The van der Waals surface area contributed by atoms with Gasteiger partial charge in [-0.2, -0.15) is 11.8 Å². The molecule has 2 atom stereocenters. The zero-order chi connectivity index (χ0) is 13.7. The van der Waals surface area contributed by atoms with E-state index in [1.165, 1.54) is 18.6 Å². The molecule has 1 aromatic rings. The van der Waals surface area contributed by atoms with Gasteiger partial charge in [0.2, 0.25) is 0 Å². The Morgan fingerprint density at radius 1 is 1.47 bits per heavy atom. The van der Waals surface area contributed by atoms with E-state index in [1.807, 2.05) is 36.9 Å². The summed E-state index contributed by atoms with van der Waals surface area (Å²) in [6.45, 7) is 4.87. The fraction of sp³-hybridized carbons (Fsp3) is 0.600. The number of ether oxygens (including phenoxy) is 1. The van der Waals surface area contributed by atoms with Gasteiger partial charge in [0.25, 0.3) is 0 Å². The maximum absolute atomic E-state index is 9.42. The van der Waals surface area contributed by atoms with Gasteiger partial charge in [0.05, 0.1) is 13.2 Å². The minimum absolute atomic E-state index is 0.0137. The number of aliphatic hydroxyl groups excluding tert-OH is 1. The van der Waals surface area contributed by atoms with Crippen molar-refractivity contribution in [3.8, 4) is 5.75 Å². The molecule has 1 fully saturated rings. The molecule has 0 aromatic heterocycles. The van der Waals surface area contributed by atoms with Gasteiger partial charge < -0.3 is 15.2 Å². The summed E-state index contributed by atoms with van der Waals surface area (Å²) in [5, 5.41) is 13.6. The van der Waals surface area contributed by atoms with Crippen molar-refractivity contribution in [2.24, 2.45) is 0 Å². The van der Waals surface area contributed by atoms with Crippen molar-refractivity contribution >= 4 is 17.4 Å². The van der Waals surface area contributed by atoms with Gasteiger partial charge in [-0.3, -0.25) is 0 Å². The van der Waals surface area contributed by atoms with Crippen LogP contribution in [0.5, 0.6) is 5.75 Å². The highest BCUT2D eigenvalue weighted by Gasteiger charge is 2.21. The molecule has 1 heterocycles. The number of thioether (sulfide) groups is 1. The third-order valence-corrected chi connectivity index (χ3v) is 4.87. The lowest BCUT2D eigenvalue weighted by atomic mass is 10.1. The van der Waals surface area contributed by atoms with Crippen LogP contribution in [0.2, 0.25) is 0 Å². The van der Waals surface area contributed by atoms with Crippen molar-refractivity contribution in [1.29, 1.82) is 0 Å². The second kappa shape index (κ2) is 7.06. The molecule has 0 radical (unpaired) electrons. The molecule has 19 heavy (non-hydrogen) atoms. The summed E-state index contributed by atoms with van der Waals surface area (Å²) in [7, 11) is 0. The molecule has 1 saturated heterocycles. The number of hydrogen-bond acceptors (Lipinski definition) is 4. The van der Waals surface area contributed by atoms with E-state index in [9.17, 15) is 5.11 Å². The lowest BCUT2D eigenvalue weighted by Crippen LogP contribution is -2.32. The summed E-state index contributed by atoms with van der Waals surface area (Å²) in [4.78, 5) is 0. The molecule has 1 aliphatic heterocycles. The molecule has 2 unspecified atom stereocenters. The average molecular weight is 281 g/mol. The molecule has 0 spiro atoms. The third kappa shape index (κ3) is 3.80. The second-order valence-corrected chi connectivity index (χ2v) is 6.37. The maximum atomic E-state index is 9.42. The van der Waals surface area contributed by atoms with E-state index in [0.29, 0.717) is 17.9 Å². The van der Waals surface area contributed by atoms with Crippen LogP contribution in [-0.2, 0) is 6.61 Å². The summed E-state index contributed by atoms with van der Waals surface area (Å²) < 4.78 is 5.50. The Kier molecular flexibility index (Phi) is 5.40. The molecule has 0 aliphatic carbocycles. The maximum Gasteiger partial charge on any atom is 0.124 e. The number of rotatable bonds is 5. The first-order valence-electron chi connectivity index (χ1n) is 6.99. The summed E-state index contributed by atoms with van der Waals surface area (Å²) in [6, 6.07) is 6.49. The number of nitrogens with one attached hydrogen (secondary N) is 1. The lowest BCUT2D eigenvalue weighted by molar-refractivity contribution is 0.267. The van der Waals surface area contributed by atoms with Crippen molar-refractivity contribution < 1.29 is 9.84 Å². The van der Waals surface area contributed by atoms with Crippen LogP contribution in [0.15, 0.2) is 18.2 Å². The first kappa shape index (κ1) is 14.5. The molecule has 0 bridgehead atoms. The SMILES string of the molecule is CCOc1ccc(NC2CCCSC2C)cc1CO. The van der Waals surface area contributed by atoms with E-state index >= 15 is 0 Å². The molecular weight excluding hydrogens is 258 g/mol. The standard InChI is InChI=1S/C15H23NO2S/c1-3-18-15-7-6-13(9-12(15)10-17)16-14-5-4-8-19-11(14)2/h6-7,9,11,14,16-17H,3-5,8,10H2,1-2H3. The van der Waals surface area contributed by atoms with Gasteiger partial charge in [-0.1, -0.05) is 6.92 Å². The van der Waals surface area contributed by atoms with Crippen LogP contribution in [0.1, 0.15) is 32.3 Å². The number of anilines is 1. The first-order chi connectivity index (χ1) is 9.24. The number of benzene rings is 1. The van der Waals surface area contributed by atoms with Gasteiger partial charge >= 0.3 is 0 Å². The van der Waals surface area contributed by atoms with Crippen molar-refractivity contribution in [2.45, 2.75) is 44.6 Å². The van der Waals surface area contributed by atoms with Gasteiger partial charge in [-0.25, -0.2) is 0 Å². The van der Waals surface area contributed by atoms with E-state index in [1.54, 1.807) is 0 Å². The fourth-order valence-corrected chi connectivity index (χ4v) is 3.56. The van der Waals surface area contributed by atoms with Crippen molar-refractivity contribution in [3.05, 3.63) is 23.8 Å². The van der Waals surface area contributed by atoms with Crippen LogP contribution < -0.4 is 10.1 Å². The van der Waals surface area contributed by atoms with Gasteiger partial charge in [-0.05, 0) is 43.7 Å². The van der Waals surface area contributed by atoms with Gasteiger partial charge in [0, 0.05) is 22.5 Å². The predicted molar refractivity (Wildman–Crippen MR) is 82.1 cm³/mol. The molecule has 106 valence electrons. The van der Waals surface area contributed by atoms with Crippen molar-refractivity contribution in [1.82, 2.24) is 0 Å². The summed E-state index contributed by atoms with van der Waals surface area (Å²) in [5.74, 6) is 2.05. The van der Waals surface area contributed by atoms with Crippen LogP contribution in [0.4, 0.5) is 5.69 Å². The fourth-order valence-electron chi connectivity index (χ4n) is 2.42. The normalized spacial score (nSPS) is 23.1. The Labute approximate surface area is 119 Å². The van der Waals surface area contributed by atoms with Crippen LogP contribution in [0.25, 0.3) is 0 Å². The lowest BCUT2D eigenvalue weighted by Gasteiger charge is -2.30. The quantitative estimate of drug-likeness (QED) is 0.869. The molecule has 3 nitrogen and oxygen atoms in total. The predicted octanol–water partition coefficient (Wildman–Crippen LogP) is 3.27. The molecule has 0 amide bonds. The summed E-state index contributed by atoms with van der Waals surface area (Å²) >= 11 is 2.03. The van der Waals surface area contributed by atoms with Gasteiger partial charge in [-0.15, -0.1) is 0 Å². The minimum atomic E-state index is 0.0137. The zero-order valence-corrected chi connectivity index (χ0v) is 12.5. The van der Waals surface area contributed by atoms with Crippen LogP contribution >= 0.6 is 11.8 Å². The Hall–Kier alpha value is -0.870. The molecule has 1 aromatic carbocycles. The Bertz CT molecular complexity index is 411. The third-order valence-electron chi connectivity index (χ3n) is 3.49. The molecule has 2 N–H and O–H groups in total. The largest absolute Gasteiger partial charge is 0.494 e. The van der Waals surface area contributed by atoms with E-state index < -0.39 is 0 Å². The summed E-state index contributed by atoms with van der Waals surface area (Å²) in [6.07, 6.45) is 2.49. The van der Waals surface area contributed by atoms with Crippen molar-refractivity contribution in [2.75, 3.05) is 17.7 Å². The molecule has 4 heteroatoms. The monoisotopic (exact) mass is 281 g/mol. The smallest absolute Gasteiger partial charge is 0.124 e. The topological polar surface area (TPSA) is 41.5 Å². The first-order valence-corrected chi connectivity index (χ1v) is 8.04. The zero-order valence-electron chi connectivity index (χ0n) is 11.7. The van der Waals surface area contributed by atoms with Gasteiger partial charge in [0.15, 0.2) is 0 Å². The second-order valence-electron chi connectivity index (χ2n) is 4.88. The molecular formula is C15H23NO2S. The Morgan fingerprint density at radius 3 is 3.00 bits per heavy atom. The molecule has 0 saturated carbocycles. The number of hydrogen-bond donors (Lipinski definition) is 2. The summed E-state index contributed by atoms with van der Waals surface area (Å²) in [5.41, 5.74) is 1.93. The van der Waals surface area contributed by atoms with Crippen molar-refractivity contribution in [3.63, 3.8) is 0 Å². The average Bonchev–Trinajstić information content (AvgIpc) is 2.43. The van der Waals surface area contributed by atoms with E-state index in [4.69, 9.17) is 4.74 Å². The highest BCUT2D eigenvalue weighted by atomic mass is 32.2. The van der Waals surface area contributed by atoms with Gasteiger partial charge in [0.1, 0.15) is 5.75 Å². The van der Waals surface area contributed by atoms with Crippen LogP contribution in [-0.4, -0.2) is 28.8 Å². The highest BCUT2D eigenvalue weighted by Crippen LogP contribution is 2.29. The Balaban J connectivity index is 2.07.